The number of alkyl halides is 3. The number of nitrogens with zero attached hydrogens (tertiary/aromatic N) is 2. The molecule has 0 amide bonds. The van der Waals surface area contributed by atoms with E-state index >= 15 is 0 Å². The lowest BCUT2D eigenvalue weighted by Crippen LogP contribution is -2.10. The topological polar surface area (TPSA) is 35.0 Å². The van der Waals surface area contributed by atoms with Crippen molar-refractivity contribution >= 4 is 21.5 Å². The maximum Gasteiger partial charge on any atom is 0.359 e. The number of hydrogen-bond acceptors (Lipinski definition) is 3. The molecule has 0 unspecified atom stereocenters. The molecule has 1 aromatic rings. The minimum Gasteiger partial charge on any atom is -0.377 e. The lowest BCUT2D eigenvalue weighted by Gasteiger charge is -2.13. The minimum atomic E-state index is -3.17. The van der Waals surface area contributed by atoms with Crippen molar-refractivity contribution < 1.29 is 13.5 Å². The molecule has 0 fully saturated rings. The Morgan fingerprint density at radius 3 is 2.50 bits per heavy atom. The molecule has 0 saturated heterocycles. The van der Waals surface area contributed by atoms with E-state index in [4.69, 9.17) is 4.74 Å². The standard InChI is InChI=1S/C10H9BrF2N2O/c11-10(12,13)9-14-5-8(6-15-9)7-1-3-16-4-2-7/h1,5-6H,2-4H2. The molecule has 86 valence electrons. The van der Waals surface area contributed by atoms with E-state index in [1.54, 1.807) is 0 Å². The lowest BCUT2D eigenvalue weighted by atomic mass is 10.1. The Kier molecular flexibility index (Phi) is 3.30. The van der Waals surface area contributed by atoms with Crippen LogP contribution < -0.4 is 0 Å². The Balaban J connectivity index is 2.22. The molecule has 1 aliphatic rings. The quantitative estimate of drug-likeness (QED) is 0.786. The van der Waals surface area contributed by atoms with E-state index in [0.29, 0.717) is 13.2 Å². The van der Waals surface area contributed by atoms with Crippen LogP contribution in [0.5, 0.6) is 0 Å². The SMILES string of the molecule is FC(F)(Br)c1ncc(C2=CCOCC2)cn1. The monoisotopic (exact) mass is 290 g/mol. The van der Waals surface area contributed by atoms with Crippen molar-refractivity contribution in [2.24, 2.45) is 0 Å². The van der Waals surface area contributed by atoms with Crippen LogP contribution in [0.3, 0.4) is 0 Å². The molecule has 0 spiro atoms. The van der Waals surface area contributed by atoms with Gasteiger partial charge in [0, 0.05) is 18.0 Å². The van der Waals surface area contributed by atoms with E-state index in [9.17, 15) is 8.78 Å². The smallest absolute Gasteiger partial charge is 0.359 e. The van der Waals surface area contributed by atoms with Gasteiger partial charge in [0.2, 0.25) is 5.82 Å². The molecule has 6 heteroatoms. The van der Waals surface area contributed by atoms with Crippen LogP contribution in [0, 0.1) is 0 Å². The predicted octanol–water partition coefficient (Wildman–Crippen LogP) is 2.72. The maximum atomic E-state index is 12.8. The molecule has 2 rings (SSSR count). The molecule has 0 aliphatic carbocycles. The highest BCUT2D eigenvalue weighted by atomic mass is 79.9. The molecular weight excluding hydrogens is 282 g/mol. The van der Waals surface area contributed by atoms with Gasteiger partial charge in [-0.2, -0.15) is 8.78 Å². The Labute approximate surface area is 99.7 Å². The molecule has 0 bridgehead atoms. The van der Waals surface area contributed by atoms with Crippen molar-refractivity contribution in [3.05, 3.63) is 29.9 Å². The number of hydrogen-bond donors (Lipinski definition) is 0. The van der Waals surface area contributed by atoms with Gasteiger partial charge in [-0.1, -0.05) is 6.08 Å². The molecular formula is C10H9BrF2N2O. The fourth-order valence-corrected chi connectivity index (χ4v) is 1.63. The summed E-state index contributed by atoms with van der Waals surface area (Å²) in [6, 6.07) is 0. The Hall–Kier alpha value is -0.880. The molecule has 2 heterocycles. The zero-order chi connectivity index (χ0) is 11.6. The summed E-state index contributed by atoms with van der Waals surface area (Å²) in [5.41, 5.74) is 1.81. The molecule has 1 aliphatic heterocycles. The lowest BCUT2D eigenvalue weighted by molar-refractivity contribution is 0.103. The molecule has 3 nitrogen and oxygen atoms in total. The number of ether oxygens (including phenoxy) is 1. The third kappa shape index (κ3) is 2.62. The van der Waals surface area contributed by atoms with E-state index in [0.717, 1.165) is 17.6 Å². The summed E-state index contributed by atoms with van der Waals surface area (Å²) in [7, 11) is 0. The largest absolute Gasteiger partial charge is 0.377 e. The van der Waals surface area contributed by atoms with E-state index in [1.165, 1.54) is 12.4 Å². The second kappa shape index (κ2) is 4.55. The van der Waals surface area contributed by atoms with Crippen molar-refractivity contribution in [2.75, 3.05) is 13.2 Å². The highest BCUT2D eigenvalue weighted by Crippen LogP contribution is 2.32. The molecule has 16 heavy (non-hydrogen) atoms. The molecule has 0 N–H and O–H groups in total. The average molecular weight is 291 g/mol. The van der Waals surface area contributed by atoms with Gasteiger partial charge in [-0.25, -0.2) is 9.97 Å². The number of halogens is 3. The van der Waals surface area contributed by atoms with Gasteiger partial charge in [0.15, 0.2) is 0 Å². The van der Waals surface area contributed by atoms with E-state index in [2.05, 4.69) is 25.9 Å². The van der Waals surface area contributed by atoms with Crippen LogP contribution in [-0.2, 0) is 9.57 Å². The summed E-state index contributed by atoms with van der Waals surface area (Å²) in [6.45, 7) is 1.19. The number of aromatic nitrogens is 2. The first kappa shape index (κ1) is 11.6. The van der Waals surface area contributed by atoms with Crippen LogP contribution >= 0.6 is 15.9 Å². The zero-order valence-corrected chi connectivity index (χ0v) is 9.88. The van der Waals surface area contributed by atoms with Gasteiger partial charge in [0.1, 0.15) is 0 Å². The van der Waals surface area contributed by atoms with Gasteiger partial charge in [-0.05, 0) is 27.9 Å². The van der Waals surface area contributed by atoms with Gasteiger partial charge in [-0.15, -0.1) is 0 Å². The van der Waals surface area contributed by atoms with Crippen LogP contribution in [0.15, 0.2) is 18.5 Å². The summed E-state index contributed by atoms with van der Waals surface area (Å²) in [5, 5.41) is 0. The molecule has 0 aromatic carbocycles. The zero-order valence-electron chi connectivity index (χ0n) is 8.29. The summed E-state index contributed by atoms with van der Waals surface area (Å²) in [4.78, 5) is 4.10. The maximum absolute atomic E-state index is 12.8. The highest BCUT2D eigenvalue weighted by Gasteiger charge is 2.30. The van der Waals surface area contributed by atoms with Gasteiger partial charge in [0.25, 0.3) is 0 Å². The molecule has 1 aromatic heterocycles. The van der Waals surface area contributed by atoms with Crippen LogP contribution in [0.4, 0.5) is 8.78 Å². The fraction of sp³-hybridized carbons (Fsp3) is 0.400. The fourth-order valence-electron chi connectivity index (χ4n) is 1.43. The first-order chi connectivity index (χ1) is 7.57. The first-order valence-corrected chi connectivity index (χ1v) is 5.53. The van der Waals surface area contributed by atoms with Crippen molar-refractivity contribution in [3.8, 4) is 0 Å². The summed E-state index contributed by atoms with van der Waals surface area (Å²) < 4.78 is 30.7. The molecule has 0 atom stereocenters. The van der Waals surface area contributed by atoms with Gasteiger partial charge < -0.3 is 4.74 Å². The second-order valence-electron chi connectivity index (χ2n) is 3.35. The Morgan fingerprint density at radius 1 is 1.31 bits per heavy atom. The van der Waals surface area contributed by atoms with Crippen LogP contribution in [0.2, 0.25) is 0 Å². The first-order valence-electron chi connectivity index (χ1n) is 4.74. The average Bonchev–Trinajstić information content (AvgIpc) is 2.29. The summed E-state index contributed by atoms with van der Waals surface area (Å²) >= 11 is 2.21. The van der Waals surface area contributed by atoms with E-state index < -0.39 is 10.7 Å². The van der Waals surface area contributed by atoms with Crippen molar-refractivity contribution in [1.82, 2.24) is 9.97 Å². The van der Waals surface area contributed by atoms with Crippen LogP contribution in [0.1, 0.15) is 17.8 Å². The van der Waals surface area contributed by atoms with Crippen molar-refractivity contribution in [3.63, 3.8) is 0 Å². The summed E-state index contributed by atoms with van der Waals surface area (Å²) in [6.07, 6.45) is 5.49. The van der Waals surface area contributed by atoms with Gasteiger partial charge in [0.05, 0.1) is 13.2 Å². The van der Waals surface area contributed by atoms with Crippen molar-refractivity contribution in [2.45, 2.75) is 11.3 Å². The second-order valence-corrected chi connectivity index (χ2v) is 4.34. The van der Waals surface area contributed by atoms with Crippen LogP contribution in [0.25, 0.3) is 5.57 Å². The normalized spacial score (nSPS) is 17.1. The van der Waals surface area contributed by atoms with Crippen molar-refractivity contribution in [1.29, 1.82) is 0 Å². The Bertz CT molecular complexity index is 400. The third-order valence-electron chi connectivity index (χ3n) is 2.24. The molecule has 0 saturated carbocycles. The number of rotatable bonds is 2. The minimum absolute atomic E-state index is 0.524. The van der Waals surface area contributed by atoms with Crippen LogP contribution in [-0.4, -0.2) is 23.2 Å². The third-order valence-corrected chi connectivity index (χ3v) is 2.59. The summed E-state index contributed by atoms with van der Waals surface area (Å²) in [5.74, 6) is -0.524. The van der Waals surface area contributed by atoms with E-state index in [1.807, 2.05) is 6.08 Å². The van der Waals surface area contributed by atoms with E-state index in [-0.39, 0.29) is 0 Å². The predicted molar refractivity (Wildman–Crippen MR) is 58.3 cm³/mol. The van der Waals surface area contributed by atoms with Gasteiger partial charge >= 0.3 is 4.83 Å². The van der Waals surface area contributed by atoms with Gasteiger partial charge in [-0.3, -0.25) is 0 Å². The Morgan fingerprint density at radius 2 is 2.00 bits per heavy atom. The highest BCUT2D eigenvalue weighted by molar-refractivity contribution is 9.09. The molecule has 0 radical (unpaired) electrons.